The summed E-state index contributed by atoms with van der Waals surface area (Å²) in [6.07, 6.45) is 5.04. The molecular weight excluding hydrogens is 228 g/mol. The molecule has 18 heavy (non-hydrogen) atoms. The van der Waals surface area contributed by atoms with Gasteiger partial charge < -0.3 is 4.90 Å². The lowest BCUT2D eigenvalue weighted by molar-refractivity contribution is 0.111. The van der Waals surface area contributed by atoms with Crippen LogP contribution in [-0.2, 0) is 0 Å². The third-order valence-corrected chi connectivity index (χ3v) is 3.20. The molecule has 1 fully saturated rings. The van der Waals surface area contributed by atoms with Crippen molar-refractivity contribution in [1.29, 1.82) is 0 Å². The fourth-order valence-electron chi connectivity index (χ4n) is 2.22. The molecule has 2 aromatic rings. The van der Waals surface area contributed by atoms with Crippen molar-refractivity contribution in [3.05, 3.63) is 30.1 Å². The molecule has 2 aromatic heterocycles. The van der Waals surface area contributed by atoms with E-state index in [0.717, 1.165) is 36.5 Å². The van der Waals surface area contributed by atoms with Gasteiger partial charge in [-0.1, -0.05) is 0 Å². The number of aromatic nitrogens is 3. The van der Waals surface area contributed by atoms with Crippen molar-refractivity contribution in [3.8, 4) is 11.3 Å². The maximum atomic E-state index is 10.6. The van der Waals surface area contributed by atoms with Gasteiger partial charge in [-0.05, 0) is 31.0 Å². The first kappa shape index (κ1) is 11.0. The molecule has 0 atom stereocenters. The van der Waals surface area contributed by atoms with Crippen molar-refractivity contribution in [2.75, 3.05) is 18.0 Å². The maximum Gasteiger partial charge on any atom is 0.167 e. The zero-order valence-corrected chi connectivity index (χ0v) is 9.97. The fourth-order valence-corrected chi connectivity index (χ4v) is 2.22. The van der Waals surface area contributed by atoms with Crippen LogP contribution in [0.25, 0.3) is 11.3 Å². The van der Waals surface area contributed by atoms with E-state index in [-0.39, 0.29) is 0 Å². The van der Waals surface area contributed by atoms with Crippen molar-refractivity contribution in [1.82, 2.24) is 15.2 Å². The van der Waals surface area contributed by atoms with Crippen LogP contribution in [0.2, 0.25) is 0 Å². The molecule has 0 radical (unpaired) electrons. The number of aldehydes is 1. The molecule has 1 aliphatic heterocycles. The van der Waals surface area contributed by atoms with E-state index in [9.17, 15) is 4.79 Å². The minimum atomic E-state index is 0.480. The molecule has 3 heterocycles. The summed E-state index contributed by atoms with van der Waals surface area (Å²) in [6.45, 7) is 2.17. The van der Waals surface area contributed by atoms with Gasteiger partial charge in [-0.25, -0.2) is 4.98 Å². The highest BCUT2D eigenvalue weighted by Crippen LogP contribution is 2.21. The largest absolute Gasteiger partial charge is 0.357 e. The zero-order chi connectivity index (χ0) is 12.4. The lowest BCUT2D eigenvalue weighted by Gasteiger charge is -2.15. The summed E-state index contributed by atoms with van der Waals surface area (Å²) in [6, 6.07) is 5.72. The predicted molar refractivity (Wildman–Crippen MR) is 68.7 cm³/mol. The van der Waals surface area contributed by atoms with E-state index in [4.69, 9.17) is 0 Å². The number of H-pyrrole nitrogens is 1. The van der Waals surface area contributed by atoms with E-state index in [1.165, 1.54) is 12.8 Å². The number of rotatable bonds is 3. The highest BCUT2D eigenvalue weighted by molar-refractivity contribution is 5.75. The molecule has 92 valence electrons. The van der Waals surface area contributed by atoms with Crippen molar-refractivity contribution < 1.29 is 4.79 Å². The first-order valence-electron chi connectivity index (χ1n) is 6.09. The molecule has 5 nitrogen and oxygen atoms in total. The van der Waals surface area contributed by atoms with Gasteiger partial charge >= 0.3 is 0 Å². The average Bonchev–Trinajstić information content (AvgIpc) is 3.10. The van der Waals surface area contributed by atoms with Gasteiger partial charge in [0, 0.05) is 24.8 Å². The maximum absolute atomic E-state index is 10.6. The molecule has 5 heteroatoms. The third-order valence-electron chi connectivity index (χ3n) is 3.20. The predicted octanol–water partition coefficient (Wildman–Crippen LogP) is 1.88. The quantitative estimate of drug-likeness (QED) is 0.835. The second-order valence-electron chi connectivity index (χ2n) is 4.43. The Balaban J connectivity index is 1.83. The number of nitrogens with zero attached hydrogens (tertiary/aromatic N) is 3. The Morgan fingerprint density at radius 2 is 2.11 bits per heavy atom. The number of carbonyl (C=O) groups excluding carboxylic acids is 1. The summed E-state index contributed by atoms with van der Waals surface area (Å²) >= 11 is 0. The van der Waals surface area contributed by atoms with Crippen LogP contribution >= 0.6 is 0 Å². The molecule has 0 spiro atoms. The smallest absolute Gasteiger partial charge is 0.167 e. The number of pyridine rings is 1. The number of aromatic amines is 1. The van der Waals surface area contributed by atoms with Crippen LogP contribution in [-0.4, -0.2) is 34.6 Å². The number of carbonyl (C=O) groups is 1. The second kappa shape index (κ2) is 4.60. The standard InChI is InChI=1S/C13H14N4O/c18-9-11-7-12(16-15-11)10-3-4-13(14-8-10)17-5-1-2-6-17/h3-4,7-9H,1-2,5-6H2,(H,15,16). The molecule has 3 rings (SSSR count). The van der Waals surface area contributed by atoms with E-state index >= 15 is 0 Å². The summed E-state index contributed by atoms with van der Waals surface area (Å²) < 4.78 is 0. The average molecular weight is 242 g/mol. The summed E-state index contributed by atoms with van der Waals surface area (Å²) in [4.78, 5) is 17.3. The van der Waals surface area contributed by atoms with Crippen LogP contribution < -0.4 is 4.90 Å². The van der Waals surface area contributed by atoms with E-state index < -0.39 is 0 Å². The first-order valence-corrected chi connectivity index (χ1v) is 6.09. The van der Waals surface area contributed by atoms with Crippen LogP contribution in [0.5, 0.6) is 0 Å². The number of nitrogens with one attached hydrogen (secondary N) is 1. The first-order chi connectivity index (χ1) is 8.86. The SMILES string of the molecule is O=Cc1cc(-c2ccc(N3CCCC3)nc2)n[nH]1. The molecule has 0 saturated carbocycles. The zero-order valence-electron chi connectivity index (χ0n) is 9.97. The number of hydrogen-bond acceptors (Lipinski definition) is 4. The van der Waals surface area contributed by atoms with Crippen molar-refractivity contribution in [2.45, 2.75) is 12.8 Å². The molecule has 0 amide bonds. The summed E-state index contributed by atoms with van der Waals surface area (Å²) in [7, 11) is 0. The van der Waals surface area contributed by atoms with E-state index in [0.29, 0.717) is 5.69 Å². The third kappa shape index (κ3) is 1.99. The topological polar surface area (TPSA) is 61.9 Å². The molecule has 0 aromatic carbocycles. The Kier molecular flexibility index (Phi) is 2.80. The van der Waals surface area contributed by atoms with Crippen molar-refractivity contribution in [3.63, 3.8) is 0 Å². The highest BCUT2D eigenvalue weighted by atomic mass is 16.1. The number of anilines is 1. The normalized spacial score (nSPS) is 15.0. The van der Waals surface area contributed by atoms with Gasteiger partial charge in [0.15, 0.2) is 6.29 Å². The van der Waals surface area contributed by atoms with Gasteiger partial charge in [0.2, 0.25) is 0 Å². The summed E-state index contributed by atoms with van der Waals surface area (Å²) in [5, 5.41) is 6.74. The molecule has 0 bridgehead atoms. The Morgan fingerprint density at radius 3 is 2.72 bits per heavy atom. The van der Waals surface area contributed by atoms with Gasteiger partial charge in [0.1, 0.15) is 5.82 Å². The van der Waals surface area contributed by atoms with Crippen molar-refractivity contribution >= 4 is 12.1 Å². The lowest BCUT2D eigenvalue weighted by Crippen LogP contribution is -2.18. The Bertz CT molecular complexity index is 540. The Hall–Kier alpha value is -2.17. The second-order valence-corrected chi connectivity index (χ2v) is 4.43. The van der Waals surface area contributed by atoms with Crippen LogP contribution in [0.3, 0.4) is 0 Å². The highest BCUT2D eigenvalue weighted by Gasteiger charge is 2.13. The van der Waals surface area contributed by atoms with Crippen LogP contribution in [0.15, 0.2) is 24.4 Å². The molecule has 1 saturated heterocycles. The summed E-state index contributed by atoms with van der Waals surface area (Å²) in [5.41, 5.74) is 2.15. The van der Waals surface area contributed by atoms with E-state index in [1.807, 2.05) is 12.1 Å². The minimum Gasteiger partial charge on any atom is -0.357 e. The fraction of sp³-hybridized carbons (Fsp3) is 0.308. The van der Waals surface area contributed by atoms with Crippen LogP contribution in [0.1, 0.15) is 23.3 Å². The molecule has 0 aliphatic carbocycles. The van der Waals surface area contributed by atoms with E-state index in [2.05, 4.69) is 20.1 Å². The molecule has 0 unspecified atom stereocenters. The van der Waals surface area contributed by atoms with Gasteiger partial charge in [0.05, 0.1) is 11.4 Å². The molecule has 1 aliphatic rings. The molecular formula is C13H14N4O. The van der Waals surface area contributed by atoms with Gasteiger partial charge in [-0.2, -0.15) is 5.10 Å². The monoisotopic (exact) mass is 242 g/mol. The minimum absolute atomic E-state index is 0.480. The van der Waals surface area contributed by atoms with Crippen molar-refractivity contribution in [2.24, 2.45) is 0 Å². The van der Waals surface area contributed by atoms with E-state index in [1.54, 1.807) is 12.3 Å². The lowest BCUT2D eigenvalue weighted by atomic mass is 10.2. The van der Waals surface area contributed by atoms with Gasteiger partial charge in [-0.15, -0.1) is 0 Å². The molecule has 1 N–H and O–H groups in total. The van der Waals surface area contributed by atoms with Crippen LogP contribution in [0.4, 0.5) is 5.82 Å². The Labute approximate surface area is 105 Å². The number of hydrogen-bond donors (Lipinski definition) is 1. The Morgan fingerprint density at radius 1 is 1.28 bits per heavy atom. The summed E-state index contributed by atoms with van der Waals surface area (Å²) in [5.74, 6) is 1.02. The van der Waals surface area contributed by atoms with Crippen LogP contribution in [0, 0.1) is 0 Å². The van der Waals surface area contributed by atoms with Gasteiger partial charge in [-0.3, -0.25) is 9.89 Å². The van der Waals surface area contributed by atoms with Gasteiger partial charge in [0.25, 0.3) is 0 Å².